The van der Waals surface area contributed by atoms with Crippen LogP contribution in [0.25, 0.3) is 0 Å². The molecule has 1 amide bonds. The Morgan fingerprint density at radius 3 is 2.45 bits per heavy atom. The molecule has 1 N–H and O–H groups in total. The zero-order valence-corrected chi connectivity index (χ0v) is 18.3. The van der Waals surface area contributed by atoms with Gasteiger partial charge < -0.3 is 19.5 Å². The topological polar surface area (TPSA) is 69.7 Å². The molecule has 0 spiro atoms. The molecule has 31 heavy (non-hydrogen) atoms. The molecule has 1 atom stereocenters. The summed E-state index contributed by atoms with van der Waals surface area (Å²) in [6.07, 6.45) is 0.811. The fraction of sp³-hybridized carbons (Fsp3) is 0.280. The van der Waals surface area contributed by atoms with Gasteiger partial charge in [-0.3, -0.25) is 9.78 Å². The van der Waals surface area contributed by atoms with Crippen molar-refractivity contribution in [2.45, 2.75) is 33.3 Å². The van der Waals surface area contributed by atoms with Crippen LogP contribution in [0.2, 0.25) is 0 Å². The average molecular weight is 421 g/mol. The molecule has 0 fully saturated rings. The first-order chi connectivity index (χ1) is 15.0. The Labute approximate surface area is 183 Å². The lowest BCUT2D eigenvalue weighted by molar-refractivity contribution is 0.102. The van der Waals surface area contributed by atoms with Crippen LogP contribution in [0.5, 0.6) is 17.2 Å². The van der Waals surface area contributed by atoms with E-state index in [-0.39, 0.29) is 12.0 Å². The second kappa shape index (κ2) is 10.6. The fourth-order valence-electron chi connectivity index (χ4n) is 2.99. The number of pyridine rings is 1. The van der Waals surface area contributed by atoms with Crippen molar-refractivity contribution < 1.29 is 19.0 Å². The first-order valence-corrected chi connectivity index (χ1v) is 10.3. The SMILES string of the molecule is CCCOc1cccc(Oc2cccc(NC(=O)c3ccc(C(C)OC)nc3C)c2)c1. The standard InChI is InChI=1S/C25H28N2O4/c1-5-14-30-20-9-7-11-22(16-20)31-21-10-6-8-19(15-21)27-25(28)23-12-13-24(18(3)29-4)26-17(23)2/h6-13,15-16,18H,5,14H2,1-4H3,(H,27,28). The molecular weight excluding hydrogens is 392 g/mol. The molecule has 2 aromatic carbocycles. The van der Waals surface area contributed by atoms with Crippen LogP contribution >= 0.6 is 0 Å². The van der Waals surface area contributed by atoms with Crippen molar-refractivity contribution in [3.05, 3.63) is 77.6 Å². The number of carbonyl (C=O) groups excluding carboxylic acids is 1. The lowest BCUT2D eigenvalue weighted by atomic mass is 10.1. The van der Waals surface area contributed by atoms with Gasteiger partial charge in [-0.2, -0.15) is 0 Å². The highest BCUT2D eigenvalue weighted by molar-refractivity contribution is 6.05. The minimum atomic E-state index is -0.228. The number of rotatable bonds is 9. The van der Waals surface area contributed by atoms with E-state index >= 15 is 0 Å². The average Bonchev–Trinajstić information content (AvgIpc) is 2.77. The van der Waals surface area contributed by atoms with Crippen molar-refractivity contribution in [2.75, 3.05) is 19.0 Å². The number of anilines is 1. The normalized spacial score (nSPS) is 11.6. The summed E-state index contributed by atoms with van der Waals surface area (Å²) in [5.74, 6) is 1.82. The van der Waals surface area contributed by atoms with Crippen LogP contribution in [-0.2, 0) is 4.74 Å². The van der Waals surface area contributed by atoms with Gasteiger partial charge in [-0.1, -0.05) is 19.1 Å². The number of nitrogens with one attached hydrogen (secondary N) is 1. The maximum atomic E-state index is 12.8. The van der Waals surface area contributed by atoms with Crippen LogP contribution in [0.1, 0.15) is 48.1 Å². The van der Waals surface area contributed by atoms with Crippen molar-refractivity contribution in [2.24, 2.45) is 0 Å². The number of amides is 1. The summed E-state index contributed by atoms with van der Waals surface area (Å²) in [6.45, 7) is 6.45. The van der Waals surface area contributed by atoms with Gasteiger partial charge in [-0.15, -0.1) is 0 Å². The molecule has 1 unspecified atom stereocenters. The van der Waals surface area contributed by atoms with Crippen LogP contribution in [0, 0.1) is 6.92 Å². The molecule has 0 aliphatic rings. The van der Waals surface area contributed by atoms with Crippen molar-refractivity contribution in [3.8, 4) is 17.2 Å². The summed E-state index contributed by atoms with van der Waals surface area (Å²) in [4.78, 5) is 17.2. The van der Waals surface area contributed by atoms with E-state index in [1.54, 1.807) is 19.2 Å². The van der Waals surface area contributed by atoms with Gasteiger partial charge >= 0.3 is 0 Å². The summed E-state index contributed by atoms with van der Waals surface area (Å²) in [5.41, 5.74) is 2.58. The molecule has 0 aliphatic carbocycles. The Hall–Kier alpha value is -3.38. The van der Waals surface area contributed by atoms with E-state index in [2.05, 4.69) is 17.2 Å². The molecular formula is C25H28N2O4. The van der Waals surface area contributed by atoms with Gasteiger partial charge in [-0.25, -0.2) is 0 Å². The van der Waals surface area contributed by atoms with E-state index in [1.165, 1.54) is 0 Å². The quantitative estimate of drug-likeness (QED) is 0.464. The van der Waals surface area contributed by atoms with Crippen molar-refractivity contribution in [3.63, 3.8) is 0 Å². The molecule has 0 aliphatic heterocycles. The Morgan fingerprint density at radius 1 is 1.03 bits per heavy atom. The van der Waals surface area contributed by atoms with Crippen molar-refractivity contribution >= 4 is 11.6 Å². The Balaban J connectivity index is 1.70. The van der Waals surface area contributed by atoms with Crippen molar-refractivity contribution in [1.29, 1.82) is 0 Å². The number of benzene rings is 2. The van der Waals surface area contributed by atoms with E-state index in [1.807, 2.05) is 62.4 Å². The van der Waals surface area contributed by atoms with Crippen LogP contribution in [0.3, 0.4) is 0 Å². The first-order valence-electron chi connectivity index (χ1n) is 10.3. The molecule has 162 valence electrons. The number of ether oxygens (including phenoxy) is 3. The highest BCUT2D eigenvalue weighted by Gasteiger charge is 2.14. The first kappa shape index (κ1) is 22.3. The third kappa shape index (κ3) is 6.06. The molecule has 1 heterocycles. The predicted octanol–water partition coefficient (Wildman–Crippen LogP) is 5.93. The summed E-state index contributed by atoms with van der Waals surface area (Å²) < 4.78 is 16.9. The largest absolute Gasteiger partial charge is 0.493 e. The van der Waals surface area contributed by atoms with Crippen LogP contribution in [0.4, 0.5) is 5.69 Å². The van der Waals surface area contributed by atoms with Crippen LogP contribution in [0.15, 0.2) is 60.7 Å². The number of carbonyl (C=O) groups is 1. The van der Waals surface area contributed by atoms with E-state index in [0.29, 0.717) is 35.1 Å². The Kier molecular flexibility index (Phi) is 7.62. The lowest BCUT2D eigenvalue weighted by Crippen LogP contribution is -2.15. The number of nitrogens with zero attached hydrogens (tertiary/aromatic N) is 1. The van der Waals surface area contributed by atoms with E-state index in [0.717, 1.165) is 17.9 Å². The molecule has 0 bridgehead atoms. The minimum Gasteiger partial charge on any atom is -0.493 e. The molecule has 0 saturated heterocycles. The van der Waals surface area contributed by atoms with Gasteiger partial charge in [0.05, 0.1) is 29.7 Å². The maximum absolute atomic E-state index is 12.8. The molecule has 0 radical (unpaired) electrons. The Morgan fingerprint density at radius 2 is 1.74 bits per heavy atom. The zero-order chi connectivity index (χ0) is 22.2. The number of aryl methyl sites for hydroxylation is 1. The summed E-state index contributed by atoms with van der Waals surface area (Å²) in [7, 11) is 1.63. The highest BCUT2D eigenvalue weighted by atomic mass is 16.5. The van der Waals surface area contributed by atoms with Crippen molar-refractivity contribution in [1.82, 2.24) is 4.98 Å². The third-order valence-electron chi connectivity index (χ3n) is 4.73. The molecule has 3 rings (SSSR count). The highest BCUT2D eigenvalue weighted by Crippen LogP contribution is 2.27. The van der Waals surface area contributed by atoms with E-state index < -0.39 is 0 Å². The molecule has 1 aromatic heterocycles. The second-order valence-corrected chi connectivity index (χ2v) is 7.15. The zero-order valence-electron chi connectivity index (χ0n) is 18.3. The number of hydrogen-bond donors (Lipinski definition) is 1. The smallest absolute Gasteiger partial charge is 0.257 e. The summed E-state index contributed by atoms with van der Waals surface area (Å²) in [6, 6.07) is 18.3. The number of methoxy groups -OCH3 is 1. The van der Waals surface area contributed by atoms with Gasteiger partial charge in [0.2, 0.25) is 0 Å². The van der Waals surface area contributed by atoms with Gasteiger partial charge in [0.1, 0.15) is 17.2 Å². The number of aromatic nitrogens is 1. The van der Waals surface area contributed by atoms with Gasteiger partial charge in [0.25, 0.3) is 5.91 Å². The van der Waals surface area contributed by atoms with Gasteiger partial charge in [-0.05, 0) is 56.7 Å². The molecule has 6 nitrogen and oxygen atoms in total. The maximum Gasteiger partial charge on any atom is 0.257 e. The molecule has 3 aromatic rings. The van der Waals surface area contributed by atoms with Gasteiger partial charge in [0, 0.05) is 24.9 Å². The summed E-state index contributed by atoms with van der Waals surface area (Å²) >= 11 is 0. The Bertz CT molecular complexity index is 1040. The molecule has 6 heteroatoms. The summed E-state index contributed by atoms with van der Waals surface area (Å²) in [5, 5.41) is 2.91. The lowest BCUT2D eigenvalue weighted by Gasteiger charge is -2.13. The van der Waals surface area contributed by atoms with Crippen LogP contribution in [-0.4, -0.2) is 24.6 Å². The van der Waals surface area contributed by atoms with E-state index in [9.17, 15) is 4.79 Å². The molecule has 0 saturated carbocycles. The fourth-order valence-corrected chi connectivity index (χ4v) is 2.99. The van der Waals surface area contributed by atoms with Gasteiger partial charge in [0.15, 0.2) is 0 Å². The monoisotopic (exact) mass is 420 g/mol. The third-order valence-corrected chi connectivity index (χ3v) is 4.73. The van der Waals surface area contributed by atoms with Crippen LogP contribution < -0.4 is 14.8 Å². The number of hydrogen-bond acceptors (Lipinski definition) is 5. The minimum absolute atomic E-state index is 0.129. The second-order valence-electron chi connectivity index (χ2n) is 7.15. The predicted molar refractivity (Wildman–Crippen MR) is 121 cm³/mol. The van der Waals surface area contributed by atoms with E-state index in [4.69, 9.17) is 14.2 Å².